The van der Waals surface area contributed by atoms with Crippen LogP contribution in [0.5, 0.6) is 0 Å². The highest BCUT2D eigenvalue weighted by Gasteiger charge is 2.46. The molecule has 87 heavy (non-hydrogen) atoms. The van der Waals surface area contributed by atoms with Crippen LogP contribution in [-0.2, 0) is 45.4 Å². The smallest absolute Gasteiger partial charge is 0.338 e. The third-order valence-electron chi connectivity index (χ3n) is 18.4. The maximum atomic E-state index is 14.6. The summed E-state index contributed by atoms with van der Waals surface area (Å²) < 4.78 is 24.1. The Bertz CT molecular complexity index is 4880. The Morgan fingerprint density at radius 2 is 0.667 bits per heavy atom. The second-order valence-corrected chi connectivity index (χ2v) is 29.7. The molecule has 16 rings (SSSR count). The third kappa shape index (κ3) is 8.42. The van der Waals surface area contributed by atoms with Crippen LogP contribution >= 0.6 is 0 Å². The zero-order chi connectivity index (χ0) is 59.0. The van der Waals surface area contributed by atoms with Crippen LogP contribution in [0.3, 0.4) is 0 Å². The van der Waals surface area contributed by atoms with Crippen molar-refractivity contribution in [3.63, 3.8) is 0 Å². The number of benzene rings is 12. The number of hydrogen-bond acceptors (Lipinski definition) is 8. The standard InChI is InChI=1S/C76H54B2O8Si/c1-43-29-55-59-34-50(75(81)85-41-46-21-13-7-14-22-46)32-57-53-30-49(74(80)84-40-45-19-11-6-12-20-45)26-28-63(53)78(71(57)59)65-37-61-66(87(2,3)4)38-56-60-35-51(76(82)86-42-47-23-15-8-16-24-47)33-58-54-31-48(73(79)83-39-44-17-9-5-10-18-44)25-27-62(54)77(72(58)60)64-36-52(43)69(67(55)65)70(61)68(56)64/h5-38H,39-42H2,1-4H3. The van der Waals surface area contributed by atoms with E-state index in [1.807, 2.05) is 170 Å². The van der Waals surface area contributed by atoms with E-state index in [9.17, 15) is 19.2 Å². The van der Waals surface area contributed by atoms with Crippen molar-refractivity contribution in [1.82, 2.24) is 0 Å². The average Bonchev–Trinajstić information content (AvgIpc) is 1.68. The lowest BCUT2D eigenvalue weighted by atomic mass is 9.34. The summed E-state index contributed by atoms with van der Waals surface area (Å²) in [5, 5.41) is 8.24. The van der Waals surface area contributed by atoms with Crippen LogP contribution in [0.25, 0.3) is 76.8 Å². The molecular formula is C76H54B2O8Si. The number of hydrogen-bond donors (Lipinski definition) is 0. The maximum Gasteiger partial charge on any atom is 0.338 e. The molecule has 0 fully saturated rings. The lowest BCUT2D eigenvalue weighted by Gasteiger charge is -2.34. The Morgan fingerprint density at radius 1 is 0.333 bits per heavy atom. The first-order valence-corrected chi connectivity index (χ1v) is 33.2. The summed E-state index contributed by atoms with van der Waals surface area (Å²) in [6.07, 6.45) is 0. The van der Waals surface area contributed by atoms with Crippen molar-refractivity contribution in [3.8, 4) is 44.5 Å². The Balaban J connectivity index is 0.920. The molecule has 4 heterocycles. The van der Waals surface area contributed by atoms with Crippen molar-refractivity contribution in [3.05, 3.63) is 256 Å². The molecule has 0 bridgehead atoms. The van der Waals surface area contributed by atoms with E-state index in [1.165, 1.54) is 26.9 Å². The Kier molecular flexibility index (Phi) is 12.1. The number of ether oxygens (including phenoxy) is 4. The molecule has 0 saturated carbocycles. The highest BCUT2D eigenvalue weighted by molar-refractivity contribution is 7.04. The topological polar surface area (TPSA) is 105 Å². The highest BCUT2D eigenvalue weighted by Crippen LogP contribution is 2.48. The summed E-state index contributed by atoms with van der Waals surface area (Å²) in [4.78, 5) is 57.3. The molecule has 0 aliphatic carbocycles. The molecule has 11 heteroatoms. The van der Waals surface area contributed by atoms with E-state index in [-0.39, 0.29) is 39.9 Å². The van der Waals surface area contributed by atoms with Gasteiger partial charge in [0, 0.05) is 0 Å². The van der Waals surface area contributed by atoms with E-state index in [0.717, 1.165) is 116 Å². The summed E-state index contributed by atoms with van der Waals surface area (Å²) in [6, 6.07) is 68.3. The first kappa shape index (κ1) is 52.5. The van der Waals surface area contributed by atoms with Gasteiger partial charge in [0.2, 0.25) is 13.4 Å². The van der Waals surface area contributed by atoms with Crippen LogP contribution in [0.1, 0.15) is 69.2 Å². The van der Waals surface area contributed by atoms with Gasteiger partial charge in [-0.1, -0.05) is 215 Å². The van der Waals surface area contributed by atoms with Gasteiger partial charge in [-0.3, -0.25) is 0 Å². The van der Waals surface area contributed by atoms with Crippen LogP contribution in [0.2, 0.25) is 19.6 Å². The minimum atomic E-state index is -2.26. The molecule has 4 aliphatic rings. The predicted octanol–water partition coefficient (Wildman–Crippen LogP) is 11.8. The molecule has 0 radical (unpaired) electrons. The SMILES string of the molecule is Cc1cc2c3c(cc4c([Si](C)(C)C)cc5c6c(cc1c3c46)B1c3ccc(C(=O)OCc4ccccc4)cc3-c3cc(C(=O)OCc4ccccc4)cc-5c31)B1c3ccc(C(=O)OCc4ccccc4)cc3-c3cc(C(=O)OCc4ccccc4)cc-2c31. The van der Waals surface area contributed by atoms with E-state index in [2.05, 4.69) is 63.0 Å². The summed E-state index contributed by atoms with van der Waals surface area (Å²) in [6.45, 7) is 9.46. The second kappa shape index (κ2) is 20.0. The van der Waals surface area contributed by atoms with Gasteiger partial charge in [-0.2, -0.15) is 0 Å². The number of carbonyl (C=O) groups is 4. The van der Waals surface area contributed by atoms with Crippen LogP contribution in [0.4, 0.5) is 0 Å². The average molecular weight is 1140 g/mol. The fraction of sp³-hybridized carbons (Fsp3) is 0.105. The molecular weight excluding hydrogens is 1090 g/mol. The highest BCUT2D eigenvalue weighted by atomic mass is 28.3. The molecule has 8 nitrogen and oxygen atoms in total. The molecule has 416 valence electrons. The van der Waals surface area contributed by atoms with E-state index in [4.69, 9.17) is 18.9 Å². The zero-order valence-corrected chi connectivity index (χ0v) is 49.4. The number of fused-ring (bicyclic) bond motifs is 10. The van der Waals surface area contributed by atoms with Crippen LogP contribution in [0, 0.1) is 6.92 Å². The van der Waals surface area contributed by atoms with Crippen LogP contribution < -0.4 is 38.0 Å². The lowest BCUT2D eigenvalue weighted by Crippen LogP contribution is -2.53. The monoisotopic (exact) mass is 1140 g/mol. The molecule has 0 N–H and O–H groups in total. The molecule has 0 atom stereocenters. The molecule has 0 unspecified atom stereocenters. The fourth-order valence-electron chi connectivity index (χ4n) is 14.5. The number of carbonyl (C=O) groups excluding carboxylic acids is 4. The molecule has 12 aromatic rings. The van der Waals surface area contributed by atoms with Gasteiger partial charge in [-0.15, -0.1) is 0 Å². The van der Waals surface area contributed by atoms with E-state index in [0.29, 0.717) is 22.3 Å². The Morgan fingerprint density at radius 3 is 1.06 bits per heavy atom. The summed E-state index contributed by atoms with van der Waals surface area (Å²) in [5.41, 5.74) is 20.6. The first-order valence-electron chi connectivity index (χ1n) is 29.7. The number of aryl methyl sites for hydroxylation is 1. The molecule has 0 spiro atoms. The molecule has 12 aromatic carbocycles. The van der Waals surface area contributed by atoms with Gasteiger partial charge in [0.1, 0.15) is 26.4 Å². The van der Waals surface area contributed by atoms with Crippen molar-refractivity contribution >= 4 is 116 Å². The summed E-state index contributed by atoms with van der Waals surface area (Å²) in [5.74, 6) is -1.73. The summed E-state index contributed by atoms with van der Waals surface area (Å²) in [7, 11) is -2.26. The molecule has 0 saturated heterocycles. The Labute approximate surface area is 504 Å². The van der Waals surface area contributed by atoms with Crippen molar-refractivity contribution in [1.29, 1.82) is 0 Å². The van der Waals surface area contributed by atoms with Crippen LogP contribution in [0.15, 0.2) is 206 Å². The molecule has 0 amide bonds. The third-order valence-corrected chi connectivity index (χ3v) is 20.4. The van der Waals surface area contributed by atoms with Gasteiger partial charge in [-0.05, 0) is 160 Å². The van der Waals surface area contributed by atoms with Crippen LogP contribution in [-0.4, -0.2) is 45.4 Å². The van der Waals surface area contributed by atoms with Crippen molar-refractivity contribution < 1.29 is 38.1 Å². The fourth-order valence-corrected chi connectivity index (χ4v) is 16.1. The zero-order valence-electron chi connectivity index (χ0n) is 48.4. The minimum absolute atomic E-state index is 0.115. The number of rotatable bonds is 13. The number of esters is 4. The van der Waals surface area contributed by atoms with Gasteiger partial charge >= 0.3 is 23.9 Å². The van der Waals surface area contributed by atoms with E-state index < -0.39 is 32.0 Å². The largest absolute Gasteiger partial charge is 0.457 e. The maximum absolute atomic E-state index is 14.6. The summed E-state index contributed by atoms with van der Waals surface area (Å²) >= 11 is 0. The van der Waals surface area contributed by atoms with Gasteiger partial charge < -0.3 is 18.9 Å². The van der Waals surface area contributed by atoms with Gasteiger partial charge in [0.25, 0.3) is 0 Å². The van der Waals surface area contributed by atoms with Gasteiger partial charge in [-0.25, -0.2) is 19.2 Å². The predicted molar refractivity (Wildman–Crippen MR) is 351 cm³/mol. The van der Waals surface area contributed by atoms with Crippen molar-refractivity contribution in [2.75, 3.05) is 0 Å². The normalized spacial score (nSPS) is 12.7. The second-order valence-electron chi connectivity index (χ2n) is 24.7. The quantitative estimate of drug-likeness (QED) is 0.0487. The van der Waals surface area contributed by atoms with Crippen molar-refractivity contribution in [2.45, 2.75) is 53.0 Å². The Hall–Kier alpha value is -10.1. The van der Waals surface area contributed by atoms with E-state index in [1.54, 1.807) is 0 Å². The van der Waals surface area contributed by atoms with Gasteiger partial charge in [0.05, 0.1) is 30.3 Å². The lowest BCUT2D eigenvalue weighted by molar-refractivity contribution is 0.0464. The minimum Gasteiger partial charge on any atom is -0.457 e. The molecule has 4 aliphatic heterocycles. The van der Waals surface area contributed by atoms with Gasteiger partial charge in [0.15, 0.2) is 0 Å². The molecule has 0 aromatic heterocycles. The van der Waals surface area contributed by atoms with Crippen molar-refractivity contribution in [2.24, 2.45) is 0 Å². The first-order chi connectivity index (χ1) is 42.3. The van der Waals surface area contributed by atoms with E-state index >= 15 is 0 Å².